The molecule has 1 amide bonds. The van der Waals surface area contributed by atoms with E-state index < -0.39 is 0 Å². The van der Waals surface area contributed by atoms with Crippen LogP contribution in [0.1, 0.15) is 47.1 Å². The van der Waals surface area contributed by atoms with Crippen LogP contribution in [-0.4, -0.2) is 33.4 Å². The number of aromatic nitrogens is 2. The summed E-state index contributed by atoms with van der Waals surface area (Å²) in [6.07, 6.45) is 7.07. The minimum Gasteiger partial charge on any atom is -0.339 e. The summed E-state index contributed by atoms with van der Waals surface area (Å²) in [6.45, 7) is 9.02. The smallest absolute Gasteiger partial charge is 0.253 e. The molecule has 1 aromatic carbocycles. The first-order chi connectivity index (χ1) is 11.6. The number of amides is 1. The van der Waals surface area contributed by atoms with Gasteiger partial charge in [0.05, 0.1) is 0 Å². The maximum absolute atomic E-state index is 12.7. The van der Waals surface area contributed by atoms with Crippen LogP contribution in [-0.2, 0) is 13.0 Å². The monoisotopic (exact) mass is 325 g/mol. The van der Waals surface area contributed by atoms with Gasteiger partial charge >= 0.3 is 0 Å². The van der Waals surface area contributed by atoms with Gasteiger partial charge in [-0.2, -0.15) is 0 Å². The van der Waals surface area contributed by atoms with Crippen molar-refractivity contribution >= 4 is 5.91 Å². The second kappa shape index (κ2) is 7.20. The number of carbonyl (C=O) groups is 1. The summed E-state index contributed by atoms with van der Waals surface area (Å²) in [6, 6.07) is 6.01. The molecule has 4 heteroatoms. The Morgan fingerprint density at radius 3 is 2.62 bits per heavy atom. The van der Waals surface area contributed by atoms with Crippen molar-refractivity contribution in [1.82, 2.24) is 14.5 Å². The van der Waals surface area contributed by atoms with Gasteiger partial charge in [0.15, 0.2) is 0 Å². The molecule has 1 aromatic heterocycles. The number of hydrogen-bond acceptors (Lipinski definition) is 2. The number of hydrogen-bond donors (Lipinski definition) is 0. The molecular formula is C20H27N3O. The number of carbonyl (C=O) groups excluding carboxylic acids is 1. The predicted molar refractivity (Wildman–Crippen MR) is 96.1 cm³/mol. The Morgan fingerprint density at radius 1 is 1.21 bits per heavy atom. The van der Waals surface area contributed by atoms with Crippen LogP contribution in [0.15, 0.2) is 30.6 Å². The van der Waals surface area contributed by atoms with E-state index in [0.717, 1.165) is 50.3 Å². The van der Waals surface area contributed by atoms with E-state index in [9.17, 15) is 4.79 Å². The fourth-order valence-corrected chi connectivity index (χ4v) is 3.47. The van der Waals surface area contributed by atoms with Crippen LogP contribution in [0.25, 0.3) is 0 Å². The molecule has 1 aliphatic rings. The zero-order valence-electron chi connectivity index (χ0n) is 15.0. The van der Waals surface area contributed by atoms with Gasteiger partial charge in [-0.1, -0.05) is 13.0 Å². The summed E-state index contributed by atoms with van der Waals surface area (Å²) < 4.78 is 2.27. The number of imidazole rings is 1. The van der Waals surface area contributed by atoms with Gasteiger partial charge in [0.1, 0.15) is 5.82 Å². The van der Waals surface area contributed by atoms with E-state index in [4.69, 9.17) is 0 Å². The third kappa shape index (κ3) is 3.53. The number of benzene rings is 1. The van der Waals surface area contributed by atoms with Crippen molar-refractivity contribution < 1.29 is 4.79 Å². The third-order valence-corrected chi connectivity index (χ3v) is 5.23. The molecule has 3 rings (SSSR count). The lowest BCUT2D eigenvalue weighted by Crippen LogP contribution is -2.39. The topological polar surface area (TPSA) is 38.1 Å². The van der Waals surface area contributed by atoms with Crippen LogP contribution in [0.2, 0.25) is 0 Å². The quantitative estimate of drug-likeness (QED) is 0.861. The lowest BCUT2D eigenvalue weighted by atomic mass is 9.95. The van der Waals surface area contributed by atoms with Gasteiger partial charge in [0.25, 0.3) is 5.91 Å². The van der Waals surface area contributed by atoms with Crippen LogP contribution < -0.4 is 0 Å². The average Bonchev–Trinajstić information content (AvgIpc) is 3.04. The van der Waals surface area contributed by atoms with Crippen LogP contribution >= 0.6 is 0 Å². The van der Waals surface area contributed by atoms with Gasteiger partial charge in [-0.05, 0) is 55.9 Å². The van der Waals surface area contributed by atoms with E-state index in [1.165, 1.54) is 11.1 Å². The standard InChI is InChI=1S/C20H27N3O/c1-4-19-21-9-12-23(19)14-17-7-10-22(11-8-17)20(24)18-6-5-15(2)16(3)13-18/h5-6,9,12-13,17H,4,7-8,10-11,14H2,1-3H3. The predicted octanol–water partition coefficient (Wildman–Crippen LogP) is 3.61. The van der Waals surface area contributed by atoms with Gasteiger partial charge in [-0.3, -0.25) is 4.79 Å². The largest absolute Gasteiger partial charge is 0.339 e. The molecule has 0 N–H and O–H groups in total. The fraction of sp³-hybridized carbons (Fsp3) is 0.500. The Hall–Kier alpha value is -2.10. The van der Waals surface area contributed by atoms with Crippen molar-refractivity contribution in [2.24, 2.45) is 5.92 Å². The first kappa shape index (κ1) is 16.7. The summed E-state index contributed by atoms with van der Waals surface area (Å²) in [5.41, 5.74) is 3.24. The van der Waals surface area contributed by atoms with Gasteiger partial charge in [-0.15, -0.1) is 0 Å². The highest BCUT2D eigenvalue weighted by atomic mass is 16.2. The number of nitrogens with zero attached hydrogens (tertiary/aromatic N) is 3. The van der Waals surface area contributed by atoms with Crippen LogP contribution in [0.5, 0.6) is 0 Å². The number of aryl methyl sites for hydroxylation is 3. The van der Waals surface area contributed by atoms with Gasteiger partial charge < -0.3 is 9.47 Å². The van der Waals surface area contributed by atoms with Crippen molar-refractivity contribution in [3.63, 3.8) is 0 Å². The minimum atomic E-state index is 0.174. The van der Waals surface area contributed by atoms with Crippen molar-refractivity contribution in [3.8, 4) is 0 Å². The second-order valence-corrected chi connectivity index (χ2v) is 6.88. The Bertz CT molecular complexity index is 711. The molecule has 1 fully saturated rings. The fourth-order valence-electron chi connectivity index (χ4n) is 3.47. The Labute approximate surface area is 144 Å². The summed E-state index contributed by atoms with van der Waals surface area (Å²) in [5.74, 6) is 1.96. The van der Waals surface area contributed by atoms with Crippen molar-refractivity contribution in [2.45, 2.75) is 46.6 Å². The number of likely N-dealkylation sites (tertiary alicyclic amines) is 1. The van der Waals surface area contributed by atoms with E-state index >= 15 is 0 Å². The zero-order chi connectivity index (χ0) is 17.1. The molecule has 0 spiro atoms. The first-order valence-electron chi connectivity index (χ1n) is 8.95. The molecular weight excluding hydrogens is 298 g/mol. The second-order valence-electron chi connectivity index (χ2n) is 6.88. The molecule has 2 heterocycles. The zero-order valence-corrected chi connectivity index (χ0v) is 15.0. The Morgan fingerprint density at radius 2 is 1.96 bits per heavy atom. The summed E-state index contributed by atoms with van der Waals surface area (Å²) >= 11 is 0. The maximum atomic E-state index is 12.7. The molecule has 128 valence electrons. The lowest BCUT2D eigenvalue weighted by molar-refractivity contribution is 0.0682. The molecule has 0 aliphatic carbocycles. The molecule has 1 saturated heterocycles. The van der Waals surface area contributed by atoms with E-state index in [2.05, 4.69) is 36.5 Å². The molecule has 2 aromatic rings. The molecule has 0 radical (unpaired) electrons. The van der Waals surface area contributed by atoms with Crippen molar-refractivity contribution in [1.29, 1.82) is 0 Å². The van der Waals surface area contributed by atoms with Crippen molar-refractivity contribution in [3.05, 3.63) is 53.1 Å². The SMILES string of the molecule is CCc1nccn1CC1CCN(C(=O)c2ccc(C)c(C)c2)CC1. The third-order valence-electron chi connectivity index (χ3n) is 5.23. The molecule has 0 saturated carbocycles. The molecule has 0 unspecified atom stereocenters. The summed E-state index contributed by atoms with van der Waals surface area (Å²) in [5, 5.41) is 0. The average molecular weight is 325 g/mol. The van der Waals surface area contributed by atoms with E-state index in [0.29, 0.717) is 5.92 Å². The summed E-state index contributed by atoms with van der Waals surface area (Å²) in [7, 11) is 0. The van der Waals surface area contributed by atoms with E-state index in [1.807, 2.05) is 29.3 Å². The van der Waals surface area contributed by atoms with E-state index in [1.54, 1.807) is 0 Å². The maximum Gasteiger partial charge on any atom is 0.253 e. The lowest BCUT2D eigenvalue weighted by Gasteiger charge is -2.32. The van der Waals surface area contributed by atoms with Crippen molar-refractivity contribution in [2.75, 3.05) is 13.1 Å². The molecule has 24 heavy (non-hydrogen) atoms. The highest BCUT2D eigenvalue weighted by Crippen LogP contribution is 2.22. The van der Waals surface area contributed by atoms with Crippen LogP contribution in [0.3, 0.4) is 0 Å². The Kier molecular flexibility index (Phi) is 5.03. The van der Waals surface area contributed by atoms with Gasteiger partial charge in [0, 0.05) is 44.0 Å². The summed E-state index contributed by atoms with van der Waals surface area (Å²) in [4.78, 5) is 19.1. The van der Waals surface area contributed by atoms with Crippen LogP contribution in [0, 0.1) is 19.8 Å². The van der Waals surface area contributed by atoms with Gasteiger partial charge in [0.2, 0.25) is 0 Å². The number of rotatable bonds is 4. The molecule has 0 atom stereocenters. The number of piperidine rings is 1. The molecule has 1 aliphatic heterocycles. The first-order valence-corrected chi connectivity index (χ1v) is 8.95. The molecule has 4 nitrogen and oxygen atoms in total. The Balaban J connectivity index is 1.58. The van der Waals surface area contributed by atoms with E-state index in [-0.39, 0.29) is 5.91 Å². The van der Waals surface area contributed by atoms with Crippen LogP contribution in [0.4, 0.5) is 0 Å². The normalized spacial score (nSPS) is 15.7. The highest BCUT2D eigenvalue weighted by molar-refractivity contribution is 5.94. The molecule has 0 bridgehead atoms. The minimum absolute atomic E-state index is 0.174. The van der Waals surface area contributed by atoms with Gasteiger partial charge in [-0.25, -0.2) is 4.98 Å². The highest BCUT2D eigenvalue weighted by Gasteiger charge is 2.24.